The summed E-state index contributed by atoms with van der Waals surface area (Å²) in [5, 5.41) is 18.1. The quantitative estimate of drug-likeness (QED) is 0.256. The molecule has 41 heavy (non-hydrogen) atoms. The lowest BCUT2D eigenvalue weighted by molar-refractivity contribution is -0.142. The molecular weight excluding hydrogens is 602 g/mol. The predicted molar refractivity (Wildman–Crippen MR) is 164 cm³/mol. The number of hydrogen-bond donors (Lipinski definition) is 2. The van der Waals surface area contributed by atoms with Crippen molar-refractivity contribution in [2.24, 2.45) is 5.92 Å². The first-order valence-electron chi connectivity index (χ1n) is 13.7. The third kappa shape index (κ3) is 6.29. The van der Waals surface area contributed by atoms with Crippen LogP contribution < -0.4 is 5.32 Å². The van der Waals surface area contributed by atoms with E-state index >= 15 is 0 Å². The lowest BCUT2D eigenvalue weighted by atomic mass is 10.0. The molecule has 1 aliphatic heterocycles. The maximum atomic E-state index is 13.9. The van der Waals surface area contributed by atoms with Crippen molar-refractivity contribution in [2.45, 2.75) is 58.3 Å². The average molecular weight is 637 g/mol. The normalized spacial score (nSPS) is 18.5. The number of aryl methyl sites for hydroxylation is 1. The van der Waals surface area contributed by atoms with Crippen LogP contribution in [0.3, 0.4) is 0 Å². The van der Waals surface area contributed by atoms with E-state index < -0.39 is 18.2 Å². The third-order valence-electron chi connectivity index (χ3n) is 7.59. The summed E-state index contributed by atoms with van der Waals surface area (Å²) in [4.78, 5) is 34.4. The summed E-state index contributed by atoms with van der Waals surface area (Å²) < 4.78 is 2.66. The fourth-order valence-corrected chi connectivity index (χ4v) is 6.43. The van der Waals surface area contributed by atoms with Gasteiger partial charge in [-0.2, -0.15) is 5.10 Å². The standard InChI is InChI=1S/C31H34BrN5O3S/c1-18(2)28(37-15-24(14-34-37)22-9-11-25(32)12-10-22)31(40)36-16-26(38)13-27(36)30(39)35-19(3)21-5-7-23(8-6-21)29-20(4)33-17-41-29/h5-12,14-15,17-19,26-28,38H,13,16H2,1-4H3,(H,35,39)/t19-,26+,27-,28?/m0/s1. The summed E-state index contributed by atoms with van der Waals surface area (Å²) in [7, 11) is 0. The van der Waals surface area contributed by atoms with E-state index in [0.717, 1.165) is 37.3 Å². The number of aliphatic hydroxyl groups is 1. The lowest BCUT2D eigenvalue weighted by Gasteiger charge is -2.30. The number of halogens is 1. The fraction of sp³-hybridized carbons (Fsp3) is 0.355. The molecule has 2 aromatic carbocycles. The van der Waals surface area contributed by atoms with E-state index in [1.165, 1.54) is 4.90 Å². The first-order valence-corrected chi connectivity index (χ1v) is 15.4. The Balaban J connectivity index is 1.30. The van der Waals surface area contributed by atoms with Gasteiger partial charge < -0.3 is 15.3 Å². The number of benzene rings is 2. The topological polar surface area (TPSA) is 100 Å². The Morgan fingerprint density at radius 2 is 1.73 bits per heavy atom. The molecule has 2 aromatic heterocycles. The van der Waals surface area contributed by atoms with Crippen LogP contribution in [0.2, 0.25) is 0 Å². The molecule has 0 spiro atoms. The van der Waals surface area contributed by atoms with Gasteiger partial charge in [0.15, 0.2) is 0 Å². The first-order chi connectivity index (χ1) is 19.6. The van der Waals surface area contributed by atoms with Crippen LogP contribution >= 0.6 is 27.3 Å². The Morgan fingerprint density at radius 3 is 2.37 bits per heavy atom. The number of thiazole rings is 1. The molecule has 4 aromatic rings. The molecule has 8 nitrogen and oxygen atoms in total. The van der Waals surface area contributed by atoms with Crippen molar-refractivity contribution >= 4 is 39.1 Å². The number of likely N-dealkylation sites (tertiary alicyclic amines) is 1. The molecule has 3 heterocycles. The zero-order valence-corrected chi connectivity index (χ0v) is 25.9. The van der Waals surface area contributed by atoms with Gasteiger partial charge in [-0.1, -0.05) is 66.2 Å². The molecule has 10 heteroatoms. The molecule has 1 saturated heterocycles. The molecule has 4 atom stereocenters. The highest BCUT2D eigenvalue weighted by Crippen LogP contribution is 2.31. The smallest absolute Gasteiger partial charge is 0.248 e. The number of carbonyl (C=O) groups is 2. The Hall–Kier alpha value is -3.34. The maximum absolute atomic E-state index is 13.9. The Morgan fingerprint density at radius 1 is 1.05 bits per heavy atom. The van der Waals surface area contributed by atoms with Crippen LogP contribution in [0.5, 0.6) is 0 Å². The maximum Gasteiger partial charge on any atom is 0.248 e. The molecule has 0 bridgehead atoms. The molecule has 1 aliphatic rings. The number of aromatic nitrogens is 3. The number of aliphatic hydroxyl groups excluding tert-OH is 1. The van der Waals surface area contributed by atoms with E-state index in [1.54, 1.807) is 22.2 Å². The van der Waals surface area contributed by atoms with Crippen LogP contribution in [0, 0.1) is 12.8 Å². The number of β-amino-alcohol motifs (C(OH)–C–C–N with tert-alkyl or cyclic N) is 1. The van der Waals surface area contributed by atoms with E-state index in [1.807, 2.05) is 87.9 Å². The van der Waals surface area contributed by atoms with E-state index in [0.29, 0.717) is 0 Å². The highest BCUT2D eigenvalue weighted by atomic mass is 79.9. The molecule has 0 aliphatic carbocycles. The second kappa shape index (κ2) is 12.3. The van der Waals surface area contributed by atoms with Crippen molar-refractivity contribution in [2.75, 3.05) is 6.54 Å². The summed E-state index contributed by atoms with van der Waals surface area (Å²) in [6.45, 7) is 7.95. The van der Waals surface area contributed by atoms with Gasteiger partial charge in [-0.25, -0.2) is 4.98 Å². The summed E-state index contributed by atoms with van der Waals surface area (Å²) >= 11 is 5.06. The van der Waals surface area contributed by atoms with Crippen LogP contribution in [0.25, 0.3) is 21.6 Å². The Labute approximate surface area is 252 Å². The molecular formula is C31H34BrN5O3S. The number of carbonyl (C=O) groups excluding carboxylic acids is 2. The van der Waals surface area contributed by atoms with Gasteiger partial charge in [0.25, 0.3) is 0 Å². The van der Waals surface area contributed by atoms with E-state index in [2.05, 4.69) is 31.3 Å². The van der Waals surface area contributed by atoms with Crippen LogP contribution in [0.1, 0.15) is 50.5 Å². The predicted octanol–water partition coefficient (Wildman–Crippen LogP) is 5.78. The summed E-state index contributed by atoms with van der Waals surface area (Å²) in [5.74, 6) is -0.580. The van der Waals surface area contributed by atoms with Crippen LogP contribution in [-0.2, 0) is 9.59 Å². The van der Waals surface area contributed by atoms with Gasteiger partial charge in [-0.3, -0.25) is 14.3 Å². The molecule has 0 saturated carbocycles. The zero-order valence-electron chi connectivity index (χ0n) is 23.5. The summed E-state index contributed by atoms with van der Waals surface area (Å²) in [6.07, 6.45) is 3.04. The number of nitrogens with zero attached hydrogens (tertiary/aromatic N) is 4. The van der Waals surface area contributed by atoms with Gasteiger partial charge in [0.05, 0.1) is 34.4 Å². The minimum atomic E-state index is -0.768. The fourth-order valence-electron chi connectivity index (χ4n) is 5.36. The van der Waals surface area contributed by atoms with Crippen molar-refractivity contribution in [3.63, 3.8) is 0 Å². The van der Waals surface area contributed by atoms with Crippen molar-refractivity contribution < 1.29 is 14.7 Å². The second-order valence-corrected chi connectivity index (χ2v) is 12.7. The van der Waals surface area contributed by atoms with Gasteiger partial charge in [-0.15, -0.1) is 11.3 Å². The first kappa shape index (κ1) is 29.2. The second-order valence-electron chi connectivity index (χ2n) is 10.9. The van der Waals surface area contributed by atoms with Crippen molar-refractivity contribution in [1.29, 1.82) is 0 Å². The van der Waals surface area contributed by atoms with Crippen LogP contribution in [0.15, 0.2) is 70.9 Å². The third-order valence-corrected chi connectivity index (χ3v) is 9.10. The monoisotopic (exact) mass is 635 g/mol. The number of amides is 2. The van der Waals surface area contributed by atoms with Gasteiger partial charge in [0.2, 0.25) is 11.8 Å². The molecule has 1 fully saturated rings. The van der Waals surface area contributed by atoms with Crippen molar-refractivity contribution in [3.05, 3.63) is 82.2 Å². The van der Waals surface area contributed by atoms with Crippen molar-refractivity contribution in [3.8, 4) is 21.6 Å². The molecule has 0 radical (unpaired) electrons. The summed E-state index contributed by atoms with van der Waals surface area (Å²) in [5.41, 5.74) is 6.77. The van der Waals surface area contributed by atoms with Crippen LogP contribution in [-0.4, -0.2) is 55.3 Å². The average Bonchev–Trinajstić information content (AvgIpc) is 3.69. The number of nitrogens with one attached hydrogen (secondary N) is 1. The Kier molecular flexibility index (Phi) is 8.72. The SMILES string of the molecule is Cc1ncsc1-c1ccc([C@H](C)NC(=O)[C@@H]2C[C@@H](O)CN2C(=O)C(C(C)C)n2cc(-c3ccc(Br)cc3)cn2)cc1. The van der Waals surface area contributed by atoms with Crippen LogP contribution in [0.4, 0.5) is 0 Å². The minimum absolute atomic E-state index is 0.0822. The highest BCUT2D eigenvalue weighted by Gasteiger charge is 2.42. The van der Waals surface area contributed by atoms with Gasteiger partial charge in [0, 0.05) is 29.2 Å². The van der Waals surface area contributed by atoms with E-state index in [4.69, 9.17) is 0 Å². The molecule has 5 rings (SSSR count). The van der Waals surface area contributed by atoms with Gasteiger partial charge in [0.1, 0.15) is 12.1 Å². The number of hydrogen-bond acceptors (Lipinski definition) is 6. The van der Waals surface area contributed by atoms with Gasteiger partial charge in [-0.05, 0) is 48.6 Å². The minimum Gasteiger partial charge on any atom is -0.391 e. The molecule has 1 unspecified atom stereocenters. The highest BCUT2D eigenvalue weighted by molar-refractivity contribution is 9.10. The number of rotatable bonds is 8. The Bertz CT molecular complexity index is 1520. The van der Waals surface area contributed by atoms with Crippen molar-refractivity contribution in [1.82, 2.24) is 25.0 Å². The van der Waals surface area contributed by atoms with E-state index in [9.17, 15) is 14.7 Å². The molecule has 2 N–H and O–H groups in total. The largest absolute Gasteiger partial charge is 0.391 e. The van der Waals surface area contributed by atoms with E-state index in [-0.39, 0.29) is 36.7 Å². The lowest BCUT2D eigenvalue weighted by Crippen LogP contribution is -2.49. The summed E-state index contributed by atoms with van der Waals surface area (Å²) in [6, 6.07) is 14.3. The molecule has 214 valence electrons. The van der Waals surface area contributed by atoms with Gasteiger partial charge >= 0.3 is 0 Å². The zero-order chi connectivity index (χ0) is 29.3. The molecule has 2 amide bonds.